The van der Waals surface area contributed by atoms with E-state index in [9.17, 15) is 22.0 Å². The van der Waals surface area contributed by atoms with Gasteiger partial charge in [-0.15, -0.1) is 0 Å². The summed E-state index contributed by atoms with van der Waals surface area (Å²) < 4.78 is 56.3. The number of nitrogens with zero attached hydrogens (tertiary/aromatic N) is 1. The number of benzene rings is 1. The molecule has 0 radical (unpaired) electrons. The first kappa shape index (κ1) is 15.1. The van der Waals surface area contributed by atoms with Crippen molar-refractivity contribution >= 4 is 15.9 Å². The van der Waals surface area contributed by atoms with Crippen LogP contribution in [0.4, 0.5) is 8.78 Å². The third-order valence-corrected chi connectivity index (χ3v) is 3.85. The van der Waals surface area contributed by atoms with Crippen LogP contribution in [0.5, 0.6) is 0 Å². The summed E-state index contributed by atoms with van der Waals surface area (Å²) in [4.78, 5) is 10.3. The summed E-state index contributed by atoms with van der Waals surface area (Å²) in [5.41, 5.74) is 4.80. The zero-order valence-corrected chi connectivity index (χ0v) is 11.2. The fourth-order valence-corrected chi connectivity index (χ4v) is 2.41. The summed E-state index contributed by atoms with van der Waals surface area (Å²) in [7, 11) is -4.07. The van der Waals surface area contributed by atoms with Gasteiger partial charge in [0.15, 0.2) is 23.1 Å². The lowest BCUT2D eigenvalue weighted by Crippen LogP contribution is -2.23. The summed E-state index contributed by atoms with van der Waals surface area (Å²) in [6.07, 6.45) is 0. The molecule has 1 heterocycles. The molecule has 1 aromatic heterocycles. The van der Waals surface area contributed by atoms with Crippen LogP contribution in [-0.4, -0.2) is 19.5 Å². The summed E-state index contributed by atoms with van der Waals surface area (Å²) in [5, 5.41) is 3.32. The molecule has 0 atom stereocenters. The van der Waals surface area contributed by atoms with E-state index in [-0.39, 0.29) is 18.0 Å². The van der Waals surface area contributed by atoms with Crippen LogP contribution in [0.2, 0.25) is 0 Å². The molecule has 10 heteroatoms. The number of hydrogen-bond acceptors (Lipinski definition) is 5. The van der Waals surface area contributed by atoms with Gasteiger partial charge in [-0.05, 0) is 18.2 Å². The van der Waals surface area contributed by atoms with E-state index in [0.29, 0.717) is 12.1 Å². The van der Waals surface area contributed by atoms with Gasteiger partial charge in [0, 0.05) is 6.07 Å². The van der Waals surface area contributed by atoms with Gasteiger partial charge in [0.2, 0.25) is 10.0 Å². The third kappa shape index (κ3) is 3.41. The monoisotopic (exact) mass is 317 g/mol. The number of primary amides is 1. The van der Waals surface area contributed by atoms with Crippen molar-refractivity contribution in [2.75, 3.05) is 0 Å². The van der Waals surface area contributed by atoms with Gasteiger partial charge in [-0.25, -0.2) is 21.9 Å². The first-order chi connectivity index (χ1) is 9.79. The van der Waals surface area contributed by atoms with Gasteiger partial charge in [-0.2, -0.15) is 0 Å². The Morgan fingerprint density at radius 2 is 2.00 bits per heavy atom. The molecule has 2 aromatic rings. The Balaban J connectivity index is 2.13. The maximum atomic E-state index is 13.0. The van der Waals surface area contributed by atoms with Crippen molar-refractivity contribution < 1.29 is 26.5 Å². The van der Waals surface area contributed by atoms with E-state index in [1.165, 1.54) is 0 Å². The maximum Gasteiger partial charge on any atom is 0.270 e. The minimum absolute atomic E-state index is 0.0370. The lowest BCUT2D eigenvalue weighted by molar-refractivity contribution is 0.0991. The van der Waals surface area contributed by atoms with Gasteiger partial charge in [0.1, 0.15) is 0 Å². The minimum Gasteiger partial charge on any atom is -0.364 e. The Hall–Kier alpha value is -2.33. The van der Waals surface area contributed by atoms with E-state index in [0.717, 1.165) is 12.1 Å². The van der Waals surface area contributed by atoms with E-state index >= 15 is 0 Å². The van der Waals surface area contributed by atoms with Crippen LogP contribution in [0.1, 0.15) is 16.2 Å². The Bertz CT molecular complexity index is 789. The minimum atomic E-state index is -4.07. The lowest BCUT2D eigenvalue weighted by atomic mass is 10.3. The lowest BCUT2D eigenvalue weighted by Gasteiger charge is -2.05. The molecular weight excluding hydrogens is 308 g/mol. The molecule has 0 aliphatic heterocycles. The summed E-state index contributed by atoms with van der Waals surface area (Å²) in [6, 6.07) is 3.32. The van der Waals surface area contributed by atoms with Gasteiger partial charge < -0.3 is 10.3 Å². The third-order valence-electron chi connectivity index (χ3n) is 2.45. The van der Waals surface area contributed by atoms with Crippen molar-refractivity contribution in [1.82, 2.24) is 9.88 Å². The van der Waals surface area contributed by atoms with Crippen LogP contribution in [0.25, 0.3) is 0 Å². The second kappa shape index (κ2) is 5.58. The summed E-state index contributed by atoms with van der Waals surface area (Å²) in [5.74, 6) is -3.23. The Labute approximate surface area is 117 Å². The predicted octanol–water partition coefficient (Wildman–Crippen LogP) is 0.530. The normalized spacial score (nSPS) is 11.5. The average Bonchev–Trinajstić information content (AvgIpc) is 2.89. The fraction of sp³-hybridized carbons (Fsp3) is 0.0909. The maximum absolute atomic E-state index is 13.0. The standard InChI is InChI=1S/C11H9F2N3O4S/c12-8-2-1-7(4-9(8)13)21(18,19)15-5-6-3-10(11(14)17)16-20-6/h1-4,15H,5H2,(H2,14,17). The van der Waals surface area contributed by atoms with Crippen molar-refractivity contribution in [2.24, 2.45) is 5.73 Å². The van der Waals surface area contributed by atoms with Crippen LogP contribution in [0.15, 0.2) is 33.7 Å². The van der Waals surface area contributed by atoms with Crippen molar-refractivity contribution in [3.63, 3.8) is 0 Å². The highest BCUT2D eigenvalue weighted by molar-refractivity contribution is 7.89. The number of sulfonamides is 1. The van der Waals surface area contributed by atoms with Crippen molar-refractivity contribution in [3.05, 3.63) is 47.4 Å². The average molecular weight is 317 g/mol. The van der Waals surface area contributed by atoms with Crippen LogP contribution in [0, 0.1) is 11.6 Å². The molecule has 1 aromatic carbocycles. The molecule has 0 saturated carbocycles. The van der Waals surface area contributed by atoms with E-state index in [4.69, 9.17) is 5.73 Å². The zero-order valence-electron chi connectivity index (χ0n) is 10.3. The van der Waals surface area contributed by atoms with Crippen molar-refractivity contribution in [1.29, 1.82) is 0 Å². The smallest absolute Gasteiger partial charge is 0.270 e. The fourth-order valence-electron chi connectivity index (χ4n) is 1.41. The molecule has 21 heavy (non-hydrogen) atoms. The molecule has 0 aliphatic carbocycles. The number of hydrogen-bond donors (Lipinski definition) is 2. The number of halogens is 2. The molecule has 112 valence electrons. The van der Waals surface area contributed by atoms with Gasteiger partial charge in [-0.3, -0.25) is 4.79 Å². The van der Waals surface area contributed by atoms with Crippen LogP contribution < -0.4 is 10.5 Å². The zero-order chi connectivity index (χ0) is 15.6. The quantitative estimate of drug-likeness (QED) is 0.834. The van der Waals surface area contributed by atoms with E-state index in [1.807, 2.05) is 0 Å². The van der Waals surface area contributed by atoms with E-state index < -0.39 is 32.5 Å². The molecular formula is C11H9F2N3O4S. The first-order valence-corrected chi connectivity index (χ1v) is 6.98. The van der Waals surface area contributed by atoms with Crippen LogP contribution >= 0.6 is 0 Å². The highest BCUT2D eigenvalue weighted by Gasteiger charge is 2.18. The topological polar surface area (TPSA) is 115 Å². The summed E-state index contributed by atoms with van der Waals surface area (Å²) in [6.45, 7) is -0.332. The molecule has 7 nitrogen and oxygen atoms in total. The Morgan fingerprint density at radius 1 is 1.29 bits per heavy atom. The number of aromatic nitrogens is 1. The van der Waals surface area contributed by atoms with Gasteiger partial charge in [0.05, 0.1) is 11.4 Å². The molecule has 2 rings (SSSR count). The van der Waals surface area contributed by atoms with E-state index in [1.54, 1.807) is 0 Å². The second-order valence-electron chi connectivity index (χ2n) is 3.94. The highest BCUT2D eigenvalue weighted by atomic mass is 32.2. The first-order valence-electron chi connectivity index (χ1n) is 5.50. The highest BCUT2D eigenvalue weighted by Crippen LogP contribution is 2.14. The molecule has 0 fully saturated rings. The Kier molecular flexibility index (Phi) is 4.00. The molecule has 0 aliphatic rings. The molecule has 0 bridgehead atoms. The largest absolute Gasteiger partial charge is 0.364 e. The number of rotatable bonds is 5. The number of nitrogens with one attached hydrogen (secondary N) is 1. The van der Waals surface area contributed by atoms with Crippen molar-refractivity contribution in [3.8, 4) is 0 Å². The second-order valence-corrected chi connectivity index (χ2v) is 5.71. The number of carbonyl (C=O) groups excluding carboxylic acids is 1. The summed E-state index contributed by atoms with van der Waals surface area (Å²) >= 11 is 0. The molecule has 0 saturated heterocycles. The predicted molar refractivity (Wildman–Crippen MR) is 65.4 cm³/mol. The van der Waals surface area contributed by atoms with Gasteiger partial charge >= 0.3 is 0 Å². The Morgan fingerprint density at radius 3 is 2.57 bits per heavy atom. The van der Waals surface area contributed by atoms with Gasteiger partial charge in [0.25, 0.3) is 5.91 Å². The molecule has 3 N–H and O–H groups in total. The number of nitrogens with two attached hydrogens (primary N) is 1. The molecule has 1 amide bonds. The van der Waals surface area contributed by atoms with Crippen LogP contribution in [-0.2, 0) is 16.6 Å². The van der Waals surface area contributed by atoms with E-state index in [2.05, 4.69) is 14.4 Å². The van der Waals surface area contributed by atoms with Gasteiger partial charge in [-0.1, -0.05) is 5.16 Å². The van der Waals surface area contributed by atoms with Crippen molar-refractivity contribution in [2.45, 2.75) is 11.4 Å². The molecule has 0 unspecified atom stereocenters. The number of amides is 1. The SMILES string of the molecule is NC(=O)c1cc(CNS(=O)(=O)c2ccc(F)c(F)c2)on1. The number of carbonyl (C=O) groups is 1. The van der Waals surface area contributed by atoms with Crippen LogP contribution in [0.3, 0.4) is 0 Å². The molecule has 0 spiro atoms.